The fourth-order valence-electron chi connectivity index (χ4n) is 2.17. The number of β-amino-alcohol motifs (C(OH)–C–C–N with tert-alkyl or cyclic N) is 1. The predicted molar refractivity (Wildman–Crippen MR) is 64.4 cm³/mol. The van der Waals surface area contributed by atoms with Gasteiger partial charge in [-0.2, -0.15) is 0 Å². The summed E-state index contributed by atoms with van der Waals surface area (Å²) in [5, 5.41) is 20.4. The molecule has 1 aromatic rings. The maximum Gasteiger partial charge on any atom is 0.285 e. The first-order valence-electron chi connectivity index (χ1n) is 5.72. The second-order valence-corrected chi connectivity index (χ2v) is 4.42. The van der Waals surface area contributed by atoms with E-state index in [9.17, 15) is 20.0 Å². The molecule has 1 heterocycles. The fourth-order valence-corrected chi connectivity index (χ4v) is 2.17. The van der Waals surface area contributed by atoms with Gasteiger partial charge in [-0.25, -0.2) is 0 Å². The Morgan fingerprint density at radius 1 is 1.56 bits per heavy atom. The Hall–Kier alpha value is -1.95. The summed E-state index contributed by atoms with van der Waals surface area (Å²) in [5.41, 5.74) is 0.406. The number of nitro groups is 1. The lowest BCUT2D eigenvalue weighted by Crippen LogP contribution is -2.30. The van der Waals surface area contributed by atoms with E-state index >= 15 is 0 Å². The first kappa shape index (κ1) is 12.5. The summed E-state index contributed by atoms with van der Waals surface area (Å²) in [4.78, 5) is 24.1. The predicted octanol–water partition coefficient (Wildman–Crippen LogP) is 1.11. The van der Waals surface area contributed by atoms with Gasteiger partial charge in [-0.1, -0.05) is 12.1 Å². The molecule has 6 heteroatoms. The highest BCUT2D eigenvalue weighted by Gasteiger charge is 2.30. The minimum Gasteiger partial charge on any atom is -0.391 e. The molecule has 1 amide bonds. The molecule has 0 radical (unpaired) electrons. The number of nitrogens with zero attached hydrogens (tertiary/aromatic N) is 2. The lowest BCUT2D eigenvalue weighted by molar-refractivity contribution is -0.385. The van der Waals surface area contributed by atoms with Gasteiger partial charge >= 0.3 is 0 Å². The monoisotopic (exact) mass is 250 g/mol. The van der Waals surface area contributed by atoms with Crippen LogP contribution in [0.15, 0.2) is 18.2 Å². The zero-order valence-corrected chi connectivity index (χ0v) is 10.00. The minimum absolute atomic E-state index is 0.0918. The molecule has 1 atom stereocenters. The average molecular weight is 250 g/mol. The lowest BCUT2D eigenvalue weighted by atomic mass is 10.1. The number of carbonyl (C=O) groups excluding carboxylic acids is 1. The van der Waals surface area contributed by atoms with Crippen molar-refractivity contribution >= 4 is 11.6 Å². The number of carbonyl (C=O) groups is 1. The van der Waals surface area contributed by atoms with E-state index in [-0.39, 0.29) is 23.7 Å². The molecule has 0 saturated carbocycles. The van der Waals surface area contributed by atoms with Crippen LogP contribution >= 0.6 is 0 Å². The van der Waals surface area contributed by atoms with Gasteiger partial charge in [-0.3, -0.25) is 14.9 Å². The molecule has 0 aliphatic carbocycles. The van der Waals surface area contributed by atoms with E-state index in [0.29, 0.717) is 18.5 Å². The van der Waals surface area contributed by atoms with E-state index in [1.54, 1.807) is 19.1 Å². The third kappa shape index (κ3) is 2.19. The van der Waals surface area contributed by atoms with Crippen LogP contribution in [0, 0.1) is 17.0 Å². The largest absolute Gasteiger partial charge is 0.391 e. The molecule has 2 rings (SSSR count). The molecule has 1 N–H and O–H groups in total. The summed E-state index contributed by atoms with van der Waals surface area (Å²) in [6.45, 7) is 2.28. The lowest BCUT2D eigenvalue weighted by Gasteiger charge is -2.15. The number of benzene rings is 1. The molecular weight excluding hydrogens is 236 g/mol. The number of hydrogen-bond donors (Lipinski definition) is 1. The first-order valence-corrected chi connectivity index (χ1v) is 5.72. The number of aliphatic hydroxyl groups excluding tert-OH is 1. The van der Waals surface area contributed by atoms with Gasteiger partial charge in [0.05, 0.1) is 11.0 Å². The minimum atomic E-state index is -0.533. The van der Waals surface area contributed by atoms with Crippen LogP contribution in [0.2, 0.25) is 0 Å². The molecule has 96 valence electrons. The van der Waals surface area contributed by atoms with Crippen molar-refractivity contribution in [1.29, 1.82) is 0 Å². The molecule has 1 saturated heterocycles. The molecule has 0 unspecified atom stereocenters. The number of aliphatic hydroxyl groups is 1. The van der Waals surface area contributed by atoms with Crippen LogP contribution in [0.25, 0.3) is 0 Å². The Morgan fingerprint density at radius 3 is 2.83 bits per heavy atom. The summed E-state index contributed by atoms with van der Waals surface area (Å²) in [7, 11) is 0. The van der Waals surface area contributed by atoms with Gasteiger partial charge in [-0.15, -0.1) is 0 Å². The molecule has 1 aromatic carbocycles. The number of rotatable bonds is 2. The van der Waals surface area contributed by atoms with Crippen LogP contribution < -0.4 is 0 Å². The zero-order chi connectivity index (χ0) is 13.3. The Morgan fingerprint density at radius 2 is 2.28 bits per heavy atom. The quantitative estimate of drug-likeness (QED) is 0.629. The smallest absolute Gasteiger partial charge is 0.285 e. The molecular formula is C12H14N2O4. The van der Waals surface area contributed by atoms with Crippen LogP contribution in [0.3, 0.4) is 0 Å². The van der Waals surface area contributed by atoms with Crippen LogP contribution in [0.1, 0.15) is 22.3 Å². The van der Waals surface area contributed by atoms with Crippen molar-refractivity contribution in [2.75, 3.05) is 13.1 Å². The van der Waals surface area contributed by atoms with Crippen molar-refractivity contribution in [3.63, 3.8) is 0 Å². The van der Waals surface area contributed by atoms with Crippen LogP contribution in [0.4, 0.5) is 5.69 Å². The summed E-state index contributed by atoms with van der Waals surface area (Å²) in [6.07, 6.45) is -0.0106. The number of aryl methyl sites for hydroxylation is 1. The summed E-state index contributed by atoms with van der Waals surface area (Å²) < 4.78 is 0. The van der Waals surface area contributed by atoms with Gasteiger partial charge in [0.15, 0.2) is 0 Å². The van der Waals surface area contributed by atoms with E-state index in [0.717, 1.165) is 0 Å². The SMILES string of the molecule is Cc1cccc(C(=O)N2CC[C@@H](O)C2)c1[N+](=O)[O-]. The molecule has 0 spiro atoms. The molecule has 0 bridgehead atoms. The van der Waals surface area contributed by atoms with E-state index in [1.165, 1.54) is 11.0 Å². The van der Waals surface area contributed by atoms with Crippen LogP contribution in [0.5, 0.6) is 0 Å². The molecule has 1 aliphatic rings. The molecule has 0 aromatic heterocycles. The number of para-hydroxylation sites is 1. The van der Waals surface area contributed by atoms with E-state index in [4.69, 9.17) is 0 Å². The van der Waals surface area contributed by atoms with Gasteiger partial charge < -0.3 is 10.0 Å². The standard InChI is InChI=1S/C12H14N2O4/c1-8-3-2-4-10(11(8)14(17)18)12(16)13-6-5-9(15)7-13/h2-4,9,15H,5-7H2,1H3/t9-/m1/s1. The van der Waals surface area contributed by atoms with E-state index < -0.39 is 11.0 Å². The maximum atomic E-state index is 12.2. The average Bonchev–Trinajstić information content (AvgIpc) is 2.74. The maximum absolute atomic E-state index is 12.2. The highest BCUT2D eigenvalue weighted by molar-refractivity contribution is 5.98. The Labute approximate surface area is 104 Å². The van der Waals surface area contributed by atoms with Crippen molar-refractivity contribution in [3.05, 3.63) is 39.4 Å². The molecule has 6 nitrogen and oxygen atoms in total. The van der Waals surface area contributed by atoms with Gasteiger partial charge in [-0.05, 0) is 19.4 Å². The first-order chi connectivity index (χ1) is 8.50. The number of amides is 1. The summed E-state index contributed by atoms with van der Waals surface area (Å²) >= 11 is 0. The van der Waals surface area contributed by atoms with Gasteiger partial charge in [0.2, 0.25) is 0 Å². The van der Waals surface area contributed by atoms with Gasteiger partial charge in [0.1, 0.15) is 5.56 Å². The Balaban J connectivity index is 2.36. The van der Waals surface area contributed by atoms with E-state index in [1.807, 2.05) is 0 Å². The van der Waals surface area contributed by atoms with Crippen molar-refractivity contribution in [3.8, 4) is 0 Å². The third-order valence-corrected chi connectivity index (χ3v) is 3.10. The van der Waals surface area contributed by atoms with Crippen molar-refractivity contribution in [2.24, 2.45) is 0 Å². The summed E-state index contributed by atoms with van der Waals surface area (Å²) in [5.74, 6) is -0.387. The normalized spacial score (nSPS) is 19.0. The third-order valence-electron chi connectivity index (χ3n) is 3.10. The second kappa shape index (κ2) is 4.73. The van der Waals surface area contributed by atoms with Crippen LogP contribution in [-0.2, 0) is 0 Å². The molecule has 1 fully saturated rings. The highest BCUT2D eigenvalue weighted by atomic mass is 16.6. The second-order valence-electron chi connectivity index (χ2n) is 4.42. The topological polar surface area (TPSA) is 83.7 Å². The van der Waals surface area contributed by atoms with Crippen molar-refractivity contribution < 1.29 is 14.8 Å². The molecule has 1 aliphatic heterocycles. The summed E-state index contributed by atoms with van der Waals surface area (Å²) in [6, 6.07) is 4.69. The fraction of sp³-hybridized carbons (Fsp3) is 0.417. The number of hydrogen-bond acceptors (Lipinski definition) is 4. The highest BCUT2D eigenvalue weighted by Crippen LogP contribution is 2.25. The van der Waals surface area contributed by atoms with Crippen molar-refractivity contribution in [1.82, 2.24) is 4.90 Å². The van der Waals surface area contributed by atoms with E-state index in [2.05, 4.69) is 0 Å². The van der Waals surface area contributed by atoms with Gasteiger partial charge in [0, 0.05) is 18.7 Å². The molecule has 18 heavy (non-hydrogen) atoms. The van der Waals surface area contributed by atoms with Crippen LogP contribution in [-0.4, -0.2) is 40.0 Å². The number of nitro benzene ring substituents is 1. The van der Waals surface area contributed by atoms with Crippen molar-refractivity contribution in [2.45, 2.75) is 19.4 Å². The zero-order valence-electron chi connectivity index (χ0n) is 10.00. The Kier molecular flexibility index (Phi) is 3.29. The Bertz CT molecular complexity index is 501. The van der Waals surface area contributed by atoms with Gasteiger partial charge in [0.25, 0.3) is 11.6 Å². The number of likely N-dealkylation sites (tertiary alicyclic amines) is 1.